The third-order valence-electron chi connectivity index (χ3n) is 7.15. The number of thiocarbonyl (C=S) groups is 1. The molecule has 2 amide bonds. The third kappa shape index (κ3) is 6.05. The molecule has 2 aliphatic rings. The molecule has 8 nitrogen and oxygen atoms in total. The first-order valence-corrected chi connectivity index (χ1v) is 17.2. The second kappa shape index (κ2) is 11.7. The van der Waals surface area contributed by atoms with E-state index in [4.69, 9.17) is 28.3 Å². The first-order chi connectivity index (χ1) is 19.6. The predicted molar refractivity (Wildman–Crippen MR) is 156 cm³/mol. The van der Waals surface area contributed by atoms with Gasteiger partial charge in [-0.15, -0.1) is 0 Å². The quantitative estimate of drug-likeness (QED) is 0.0889. The van der Waals surface area contributed by atoms with Gasteiger partial charge in [-0.05, 0) is 48.6 Å². The maximum Gasteiger partial charge on any atom is 0.407 e. The highest BCUT2D eigenvalue weighted by atomic mass is 32.1. The molecule has 224 valence electrons. The van der Waals surface area contributed by atoms with Gasteiger partial charge in [0, 0.05) is 46.1 Å². The molecular weight excluding hydrogens is 592 g/mol. The minimum atomic E-state index is -4.84. The van der Waals surface area contributed by atoms with Gasteiger partial charge in [-0.3, -0.25) is 14.5 Å². The van der Waals surface area contributed by atoms with E-state index in [1.54, 1.807) is 0 Å². The minimum absolute atomic E-state index is 0.0170. The van der Waals surface area contributed by atoms with Crippen LogP contribution in [0, 0.1) is 12.4 Å². The number of rotatable bonds is 8. The van der Waals surface area contributed by atoms with E-state index in [9.17, 15) is 22.8 Å². The number of benzene rings is 2. The van der Waals surface area contributed by atoms with Crippen molar-refractivity contribution in [3.05, 3.63) is 64.8 Å². The van der Waals surface area contributed by atoms with Gasteiger partial charge < -0.3 is 19.3 Å². The van der Waals surface area contributed by atoms with Gasteiger partial charge in [0.1, 0.15) is 12.5 Å². The number of halogens is 4. The normalized spacial score (nSPS) is 19.1. The Morgan fingerprint density at radius 2 is 1.90 bits per heavy atom. The number of anilines is 2. The fourth-order valence-electron chi connectivity index (χ4n) is 4.81. The highest BCUT2D eigenvalue weighted by Gasteiger charge is 2.58. The fourth-order valence-corrected chi connectivity index (χ4v) is 6.03. The lowest BCUT2D eigenvalue weighted by Gasteiger charge is -2.31. The lowest BCUT2D eigenvalue weighted by Crippen LogP contribution is -2.50. The van der Waals surface area contributed by atoms with Crippen LogP contribution in [0.1, 0.15) is 22.3 Å². The molecule has 42 heavy (non-hydrogen) atoms. The van der Waals surface area contributed by atoms with Crippen molar-refractivity contribution in [3.8, 4) is 0 Å². The van der Waals surface area contributed by atoms with Crippen LogP contribution in [0.4, 0.5) is 34.6 Å². The number of alkyl halides is 3. The number of hydrogen-bond acceptors (Lipinski definition) is 5. The van der Waals surface area contributed by atoms with E-state index >= 15 is 4.39 Å². The zero-order chi connectivity index (χ0) is 31.0. The maximum absolute atomic E-state index is 15.4. The lowest BCUT2D eigenvalue weighted by atomic mass is 9.95. The third-order valence-corrected chi connectivity index (χ3v) is 9.22. The Kier molecular flexibility index (Phi) is 8.80. The Balaban J connectivity index is 1.63. The van der Waals surface area contributed by atoms with Gasteiger partial charge in [0.05, 0.1) is 24.3 Å². The van der Waals surface area contributed by atoms with E-state index in [1.807, 2.05) is 0 Å². The second-order valence-corrected chi connectivity index (χ2v) is 17.4. The van der Waals surface area contributed by atoms with Gasteiger partial charge in [0.15, 0.2) is 16.3 Å². The van der Waals surface area contributed by atoms with Crippen LogP contribution in [0.15, 0.2) is 36.4 Å². The van der Waals surface area contributed by atoms with Crippen LogP contribution < -0.4 is 9.80 Å². The summed E-state index contributed by atoms with van der Waals surface area (Å²) in [5.74, 6) is -2.10. The molecule has 2 aromatic rings. The van der Waals surface area contributed by atoms with Gasteiger partial charge in [-0.2, -0.15) is 13.2 Å². The van der Waals surface area contributed by atoms with E-state index in [0.29, 0.717) is 12.7 Å². The molecular formula is C28H30F4N4O4SSi. The maximum atomic E-state index is 15.4. The summed E-state index contributed by atoms with van der Waals surface area (Å²) in [7, 11) is 0.179. The van der Waals surface area contributed by atoms with Gasteiger partial charge in [0.2, 0.25) is 0 Å². The average Bonchev–Trinajstić information content (AvgIpc) is 3.47. The van der Waals surface area contributed by atoms with Crippen molar-refractivity contribution in [2.45, 2.75) is 43.8 Å². The Bertz CT molecular complexity index is 1450. The fraction of sp³-hybridized carbons (Fsp3) is 0.429. The number of nitrogens with zero attached hydrogens (tertiary/aromatic N) is 4. The molecule has 2 heterocycles. The highest BCUT2D eigenvalue weighted by Crippen LogP contribution is 2.44. The smallest absolute Gasteiger partial charge is 0.378 e. The number of carbonyl (C=O) groups excluding carboxylic acids is 2. The van der Waals surface area contributed by atoms with Crippen LogP contribution in [-0.2, 0) is 20.4 Å². The van der Waals surface area contributed by atoms with Gasteiger partial charge >= 0.3 is 6.18 Å². The second-order valence-electron chi connectivity index (χ2n) is 11.4. The lowest BCUT2D eigenvalue weighted by molar-refractivity contribution is -0.136. The molecule has 0 bridgehead atoms. The van der Waals surface area contributed by atoms with Crippen LogP contribution in [0.5, 0.6) is 0 Å². The van der Waals surface area contributed by atoms with Crippen molar-refractivity contribution in [3.63, 3.8) is 0 Å². The molecule has 2 aliphatic heterocycles. The summed E-state index contributed by atoms with van der Waals surface area (Å²) < 4.78 is 67.6. The van der Waals surface area contributed by atoms with Crippen molar-refractivity contribution < 1.29 is 36.6 Å². The first-order valence-electron chi connectivity index (χ1n) is 13.1. The van der Waals surface area contributed by atoms with Gasteiger partial charge in [-0.1, -0.05) is 25.7 Å². The van der Waals surface area contributed by atoms with Crippen LogP contribution in [0.3, 0.4) is 0 Å². The van der Waals surface area contributed by atoms with Crippen molar-refractivity contribution in [1.82, 2.24) is 4.90 Å². The molecule has 2 aromatic carbocycles. The number of carbonyl (C=O) groups is 2. The van der Waals surface area contributed by atoms with E-state index in [1.165, 1.54) is 35.0 Å². The molecule has 0 aliphatic carbocycles. The molecule has 1 atom stereocenters. The summed E-state index contributed by atoms with van der Waals surface area (Å²) in [6.07, 6.45) is -4.69. The number of ether oxygens (including phenoxy) is 2. The van der Waals surface area contributed by atoms with E-state index in [-0.39, 0.29) is 48.4 Å². The minimum Gasteiger partial charge on any atom is -0.378 e. The monoisotopic (exact) mass is 622 g/mol. The van der Waals surface area contributed by atoms with Crippen LogP contribution in [0.2, 0.25) is 25.7 Å². The number of hydrogen-bond donors (Lipinski definition) is 0. The molecule has 0 unspecified atom stereocenters. The van der Waals surface area contributed by atoms with Crippen molar-refractivity contribution in [1.29, 1.82) is 0 Å². The summed E-state index contributed by atoms with van der Waals surface area (Å²) in [6, 6.07) is 7.58. The summed E-state index contributed by atoms with van der Waals surface area (Å²) >= 11 is 5.59. The molecule has 14 heteroatoms. The topological polar surface area (TPSA) is 66.7 Å². The molecule has 1 spiro atoms. The standard InChI is InChI=1S/C28H30F4N4O4SSi/c1-33-23-9-7-18(14-21(23)28(30,31)32)35-25(38)27(10-11-39-16-27)36(26(35)41)19-6-8-20(22(29)15-19)24(37)34(2)17-40-12-13-42(3,4)5/h6-9,14-15H,10-13,16-17H2,2-5H3/t27-/m1/s1. The SMILES string of the molecule is [C-]#[N+]c1ccc(N2C(=O)[C@]3(CCOC3)N(c3ccc(C(=O)N(C)COCC[Si](C)(C)C)c(F)c3)C2=S)cc1C(F)(F)F. The number of amides is 2. The molecule has 0 saturated carbocycles. The van der Waals surface area contributed by atoms with Crippen LogP contribution in [-0.4, -0.2) is 69.0 Å². The van der Waals surface area contributed by atoms with Crippen molar-refractivity contribution >= 4 is 54.3 Å². The highest BCUT2D eigenvalue weighted by molar-refractivity contribution is 7.81. The van der Waals surface area contributed by atoms with E-state index in [0.717, 1.165) is 23.1 Å². The Morgan fingerprint density at radius 1 is 1.21 bits per heavy atom. The molecule has 2 fully saturated rings. The van der Waals surface area contributed by atoms with Gasteiger partial charge in [-0.25, -0.2) is 9.24 Å². The average molecular weight is 623 g/mol. The Labute approximate surface area is 247 Å². The largest absolute Gasteiger partial charge is 0.407 e. The van der Waals surface area contributed by atoms with Crippen molar-refractivity contribution in [2.75, 3.05) is 43.4 Å². The summed E-state index contributed by atoms with van der Waals surface area (Å²) in [5.41, 5.74) is -3.51. The summed E-state index contributed by atoms with van der Waals surface area (Å²) in [6.45, 7) is 14.2. The first kappa shape index (κ1) is 31.6. The zero-order valence-corrected chi connectivity index (χ0v) is 25.4. The van der Waals surface area contributed by atoms with E-state index in [2.05, 4.69) is 24.5 Å². The molecule has 0 radical (unpaired) electrons. The molecule has 0 aromatic heterocycles. The van der Waals surface area contributed by atoms with Gasteiger partial charge in [0.25, 0.3) is 11.8 Å². The van der Waals surface area contributed by atoms with Crippen molar-refractivity contribution in [2.24, 2.45) is 0 Å². The van der Waals surface area contributed by atoms with Crippen LogP contribution >= 0.6 is 12.2 Å². The predicted octanol–water partition coefficient (Wildman–Crippen LogP) is 6.08. The Morgan fingerprint density at radius 3 is 2.48 bits per heavy atom. The summed E-state index contributed by atoms with van der Waals surface area (Å²) in [5, 5.41) is -0.180. The van der Waals surface area contributed by atoms with Crippen LogP contribution in [0.25, 0.3) is 4.85 Å². The molecule has 0 N–H and O–H groups in total. The summed E-state index contributed by atoms with van der Waals surface area (Å²) in [4.78, 5) is 33.2. The molecule has 4 rings (SSSR count). The van der Waals surface area contributed by atoms with E-state index < -0.39 is 48.7 Å². The zero-order valence-electron chi connectivity index (χ0n) is 23.5. The Hall–Kier alpha value is -3.38. The molecule has 2 saturated heterocycles.